The molecule has 0 saturated heterocycles. The summed E-state index contributed by atoms with van der Waals surface area (Å²) in [5, 5.41) is 10.2. The minimum atomic E-state index is -4.50. The van der Waals surface area contributed by atoms with Crippen LogP contribution in [0.3, 0.4) is 0 Å². The van der Waals surface area contributed by atoms with Crippen LogP contribution in [-0.2, 0) is 45.9 Å². The van der Waals surface area contributed by atoms with Crippen molar-refractivity contribution < 1.29 is 44.8 Å². The average molecular weight is 1180 g/mol. The van der Waals surface area contributed by atoms with Gasteiger partial charge in [0.25, 0.3) is 20.2 Å². The van der Waals surface area contributed by atoms with Gasteiger partial charge < -0.3 is 19.5 Å². The Morgan fingerprint density at radius 2 is 0.860 bits per heavy atom. The van der Waals surface area contributed by atoms with Crippen LogP contribution in [0.25, 0.3) is 66.8 Å². The number of para-hydroxylation sites is 4. The Labute approximate surface area is 501 Å². The summed E-state index contributed by atoms with van der Waals surface area (Å²) in [6.45, 7) is 12.7. The van der Waals surface area contributed by atoms with E-state index in [2.05, 4.69) is 84.7 Å². The van der Waals surface area contributed by atoms with Gasteiger partial charge in [-0.15, -0.1) is 0 Å². The second-order valence-corrected chi connectivity index (χ2v) is 24.0. The standard InChI is InChI=1S/C39H38N2O4S.C33H26N2O4S/c1-5-25-13-11-14-26(6-2)38(25)40-29-19-21-31-34(23-29)45-35-24-30(41-39-27(7-3)15-12-16-28(39)8-4)20-22-32(35)37(31)33-17-9-10-18-36(33)46(42,43)44;1-21-9-3-6-12-28(21)34-23-15-17-25-30(19-23)39-31-20-24(35-29-13-7-4-10-22(29)2)16-18-26(31)33(25)27-11-5-8-14-32(27)40(36,37)38/h9-24,40H,5-8H2,1-4H3,(H,42,43,44);3-20,34H,1-2H3,(H,36,37,38)/p+2. The SMILES string of the molecule is CCc1cccc(CC)c1Nc1ccc2c(-c3ccccc3S(=O)(=O)O)c3ccc(=[NH+]c4c(CC)cccc4CC)cc-3oc2c1.Cc1ccccc1Nc1ccc2c(-c3ccccc3S(=O)(=O)O)c3ccc(=[NH+]c4ccccc4C)cc-3oc2c1. The molecule has 432 valence electrons. The largest absolute Gasteiger partial charge is 0.456 e. The van der Waals surface area contributed by atoms with Crippen LogP contribution >= 0.6 is 0 Å². The van der Waals surface area contributed by atoms with Crippen molar-refractivity contribution in [1.29, 1.82) is 0 Å². The molecule has 0 unspecified atom stereocenters. The lowest BCUT2D eigenvalue weighted by Crippen LogP contribution is -2.71. The number of fused-ring (bicyclic) bond motifs is 4. The van der Waals surface area contributed by atoms with Gasteiger partial charge in [0.05, 0.1) is 12.1 Å². The third-order valence-electron chi connectivity index (χ3n) is 15.7. The number of anilines is 4. The lowest BCUT2D eigenvalue weighted by Gasteiger charge is -2.19. The number of hydrogen-bond donors (Lipinski definition) is 6. The first-order valence-corrected chi connectivity index (χ1v) is 31.6. The van der Waals surface area contributed by atoms with Crippen molar-refractivity contribution in [3.8, 4) is 44.9 Å². The van der Waals surface area contributed by atoms with Crippen molar-refractivity contribution in [3.63, 3.8) is 0 Å². The number of nitrogens with one attached hydrogen (secondary N) is 4. The van der Waals surface area contributed by atoms with Crippen LogP contribution in [0, 0.1) is 13.8 Å². The van der Waals surface area contributed by atoms with Gasteiger partial charge in [0, 0.05) is 114 Å². The number of aryl methyl sites for hydroxylation is 6. The Bertz CT molecular complexity index is 4830. The van der Waals surface area contributed by atoms with Crippen LogP contribution in [-0.4, -0.2) is 25.9 Å². The number of rotatable bonds is 14. The molecule has 2 heterocycles. The van der Waals surface area contributed by atoms with E-state index in [4.69, 9.17) is 8.83 Å². The van der Waals surface area contributed by atoms with E-state index in [1.807, 2.05) is 135 Å². The van der Waals surface area contributed by atoms with Gasteiger partial charge in [-0.1, -0.05) is 137 Å². The van der Waals surface area contributed by atoms with E-state index in [0.29, 0.717) is 44.9 Å². The second-order valence-electron chi connectivity index (χ2n) is 21.2. The summed E-state index contributed by atoms with van der Waals surface area (Å²) in [4.78, 5) is 6.78. The maximum Gasteiger partial charge on any atom is 0.295 e. The molecule has 0 radical (unpaired) electrons. The quantitative estimate of drug-likeness (QED) is 0.0452. The monoisotopic (exact) mass is 1180 g/mol. The molecule has 6 N–H and O–H groups in total. The molecule has 2 aliphatic heterocycles. The van der Waals surface area contributed by atoms with Crippen LogP contribution in [0.4, 0.5) is 34.1 Å². The Hall–Kier alpha value is -9.44. The molecule has 0 aromatic heterocycles. The van der Waals surface area contributed by atoms with Gasteiger partial charge in [-0.05, 0) is 111 Å². The highest BCUT2D eigenvalue weighted by atomic mass is 32.2. The number of hydrogen-bond acceptors (Lipinski definition) is 8. The van der Waals surface area contributed by atoms with Gasteiger partial charge >= 0.3 is 0 Å². The summed E-state index contributed by atoms with van der Waals surface area (Å²) in [6, 6.07) is 65.1. The van der Waals surface area contributed by atoms with Crippen molar-refractivity contribution in [2.45, 2.75) is 77.0 Å². The number of benzene rings is 10. The van der Waals surface area contributed by atoms with Crippen molar-refractivity contribution in [2.24, 2.45) is 0 Å². The third-order valence-corrected chi connectivity index (χ3v) is 17.5. The molecule has 0 saturated carbocycles. The fraction of sp³-hybridized carbons (Fsp3) is 0.139. The molecule has 2 aliphatic carbocycles. The molecule has 12 nitrogen and oxygen atoms in total. The summed E-state index contributed by atoms with van der Waals surface area (Å²) in [7, 11) is -8.98. The maximum absolute atomic E-state index is 12.6. The Balaban J connectivity index is 0.000000180. The first-order valence-electron chi connectivity index (χ1n) is 28.7. The zero-order valence-corrected chi connectivity index (χ0v) is 50.3. The van der Waals surface area contributed by atoms with E-state index in [0.717, 1.165) is 104 Å². The molecular formula is C72H66N4O8S2+2. The molecule has 0 atom stereocenters. The smallest absolute Gasteiger partial charge is 0.295 e. The van der Waals surface area contributed by atoms with E-state index < -0.39 is 20.2 Å². The van der Waals surface area contributed by atoms with Crippen molar-refractivity contribution in [3.05, 3.63) is 250 Å². The fourth-order valence-electron chi connectivity index (χ4n) is 11.3. The molecule has 12 rings (SSSR count). The summed E-state index contributed by atoms with van der Waals surface area (Å²) in [5.41, 5.74) is 17.7. The van der Waals surface area contributed by atoms with E-state index in [9.17, 15) is 25.9 Å². The lowest BCUT2D eigenvalue weighted by molar-refractivity contribution is -0.404. The van der Waals surface area contributed by atoms with Crippen molar-refractivity contribution in [1.82, 2.24) is 0 Å². The minimum absolute atomic E-state index is 0.151. The zero-order valence-electron chi connectivity index (χ0n) is 48.6. The molecule has 0 bridgehead atoms. The topological polar surface area (TPSA) is 187 Å². The van der Waals surface area contributed by atoms with Crippen molar-refractivity contribution in [2.75, 3.05) is 10.6 Å². The van der Waals surface area contributed by atoms with Crippen LogP contribution < -0.4 is 31.3 Å². The minimum Gasteiger partial charge on any atom is -0.456 e. The summed E-state index contributed by atoms with van der Waals surface area (Å²) >= 11 is 0. The molecule has 0 amide bonds. The van der Waals surface area contributed by atoms with E-state index in [-0.39, 0.29) is 9.79 Å². The molecule has 4 aliphatic rings. The Kier molecular flexibility index (Phi) is 16.7. The van der Waals surface area contributed by atoms with E-state index >= 15 is 0 Å². The van der Waals surface area contributed by atoms with Crippen LogP contribution in [0.5, 0.6) is 0 Å². The molecule has 14 heteroatoms. The lowest BCUT2D eigenvalue weighted by atomic mass is 9.93. The van der Waals surface area contributed by atoms with Crippen LogP contribution in [0.2, 0.25) is 0 Å². The van der Waals surface area contributed by atoms with Gasteiger partial charge in [0.2, 0.25) is 22.1 Å². The Morgan fingerprint density at radius 1 is 0.419 bits per heavy atom. The van der Waals surface area contributed by atoms with E-state index in [1.54, 1.807) is 36.4 Å². The molecular weight excluding hydrogens is 1110 g/mol. The van der Waals surface area contributed by atoms with E-state index in [1.165, 1.54) is 34.4 Å². The normalized spacial score (nSPS) is 12.2. The van der Waals surface area contributed by atoms with Gasteiger partial charge in [-0.25, -0.2) is 9.98 Å². The molecule has 0 fully saturated rings. The zero-order chi connectivity index (χ0) is 60.3. The first kappa shape index (κ1) is 58.3. The third kappa shape index (κ3) is 12.1. The molecule has 8 aromatic carbocycles. The van der Waals surface area contributed by atoms with Gasteiger partial charge in [0.15, 0.2) is 0 Å². The maximum atomic E-state index is 12.6. The summed E-state index contributed by atoms with van der Waals surface area (Å²) in [5.74, 6) is 1.16. The fourth-order valence-corrected chi connectivity index (χ4v) is 12.7. The second kappa shape index (κ2) is 24.6. The molecule has 86 heavy (non-hydrogen) atoms. The summed E-state index contributed by atoms with van der Waals surface area (Å²) < 4.78 is 83.3. The molecule has 8 aromatic rings. The average Bonchev–Trinajstić information content (AvgIpc) is 1.30. The summed E-state index contributed by atoms with van der Waals surface area (Å²) in [6.07, 6.45) is 3.58. The highest BCUT2D eigenvalue weighted by Gasteiger charge is 2.26. The molecule has 0 spiro atoms. The van der Waals surface area contributed by atoms with Gasteiger partial charge in [0.1, 0.15) is 32.5 Å². The predicted octanol–water partition coefficient (Wildman–Crippen LogP) is 13.9. The van der Waals surface area contributed by atoms with Gasteiger partial charge in [-0.2, -0.15) is 16.8 Å². The van der Waals surface area contributed by atoms with Crippen LogP contribution in [0.15, 0.2) is 225 Å². The highest BCUT2D eigenvalue weighted by Crippen LogP contribution is 2.45. The van der Waals surface area contributed by atoms with Crippen molar-refractivity contribution >= 4 is 76.3 Å². The van der Waals surface area contributed by atoms with Gasteiger partial charge in [-0.3, -0.25) is 9.11 Å². The highest BCUT2D eigenvalue weighted by molar-refractivity contribution is 7.86. The van der Waals surface area contributed by atoms with Crippen LogP contribution in [0.1, 0.15) is 61.1 Å². The predicted molar refractivity (Wildman–Crippen MR) is 343 cm³/mol. The Morgan fingerprint density at radius 3 is 1.35 bits per heavy atom. The first-order chi connectivity index (χ1) is 41.5.